The SMILES string of the molecule is Cc1[nH]cnc1/C=C/CCCCc1ccc(Cl)cc1. The van der Waals surface area contributed by atoms with Gasteiger partial charge < -0.3 is 4.98 Å². The van der Waals surface area contributed by atoms with Crippen LogP contribution in [0.1, 0.15) is 36.2 Å². The van der Waals surface area contributed by atoms with Crippen LogP contribution in [0.5, 0.6) is 0 Å². The monoisotopic (exact) mass is 274 g/mol. The number of aromatic amines is 1. The zero-order valence-electron chi connectivity index (χ0n) is 11.2. The van der Waals surface area contributed by atoms with Crippen LogP contribution >= 0.6 is 11.6 Å². The van der Waals surface area contributed by atoms with Gasteiger partial charge in [-0.15, -0.1) is 0 Å². The van der Waals surface area contributed by atoms with Gasteiger partial charge in [-0.25, -0.2) is 4.98 Å². The molecular formula is C16H19ClN2. The fourth-order valence-electron chi connectivity index (χ4n) is 1.97. The normalized spacial score (nSPS) is 11.3. The van der Waals surface area contributed by atoms with E-state index in [0.717, 1.165) is 29.3 Å². The van der Waals surface area contributed by atoms with Gasteiger partial charge in [0.25, 0.3) is 0 Å². The number of nitrogens with one attached hydrogen (secondary N) is 1. The average Bonchev–Trinajstić information content (AvgIpc) is 2.81. The summed E-state index contributed by atoms with van der Waals surface area (Å²) >= 11 is 5.86. The van der Waals surface area contributed by atoms with Crippen LogP contribution in [0, 0.1) is 6.92 Å². The van der Waals surface area contributed by atoms with E-state index in [1.807, 2.05) is 19.1 Å². The van der Waals surface area contributed by atoms with E-state index >= 15 is 0 Å². The molecule has 0 radical (unpaired) electrons. The lowest BCUT2D eigenvalue weighted by molar-refractivity contribution is 0.748. The predicted molar refractivity (Wildman–Crippen MR) is 81.4 cm³/mol. The molecule has 1 heterocycles. The van der Waals surface area contributed by atoms with Crippen molar-refractivity contribution in [3.05, 3.63) is 58.6 Å². The van der Waals surface area contributed by atoms with Crippen LogP contribution in [0.3, 0.4) is 0 Å². The van der Waals surface area contributed by atoms with Crippen LogP contribution in [0.25, 0.3) is 6.08 Å². The van der Waals surface area contributed by atoms with Crippen LogP contribution in [0.4, 0.5) is 0 Å². The van der Waals surface area contributed by atoms with E-state index in [2.05, 4.69) is 34.3 Å². The first-order valence-electron chi connectivity index (χ1n) is 6.66. The third kappa shape index (κ3) is 4.56. The highest BCUT2D eigenvalue weighted by molar-refractivity contribution is 6.30. The number of unbranched alkanes of at least 4 members (excludes halogenated alkanes) is 2. The second-order valence-electron chi connectivity index (χ2n) is 4.69. The fourth-order valence-corrected chi connectivity index (χ4v) is 2.10. The van der Waals surface area contributed by atoms with E-state index in [-0.39, 0.29) is 0 Å². The van der Waals surface area contributed by atoms with Crippen molar-refractivity contribution in [2.24, 2.45) is 0 Å². The van der Waals surface area contributed by atoms with Gasteiger partial charge in [0, 0.05) is 10.7 Å². The van der Waals surface area contributed by atoms with E-state index in [4.69, 9.17) is 11.6 Å². The number of halogens is 1. The summed E-state index contributed by atoms with van der Waals surface area (Å²) in [7, 11) is 0. The predicted octanol–water partition coefficient (Wildman–Crippen LogP) is 4.80. The molecule has 0 saturated heterocycles. The van der Waals surface area contributed by atoms with Crippen molar-refractivity contribution >= 4 is 17.7 Å². The quantitative estimate of drug-likeness (QED) is 0.753. The summed E-state index contributed by atoms with van der Waals surface area (Å²) in [4.78, 5) is 7.31. The molecule has 0 fully saturated rings. The van der Waals surface area contributed by atoms with E-state index in [0.29, 0.717) is 0 Å². The molecule has 0 aliphatic heterocycles. The maximum absolute atomic E-state index is 5.86. The summed E-state index contributed by atoms with van der Waals surface area (Å²) in [6.07, 6.45) is 10.6. The first-order chi connectivity index (χ1) is 9.25. The second kappa shape index (κ2) is 7.15. The van der Waals surface area contributed by atoms with Gasteiger partial charge in [0.2, 0.25) is 0 Å². The van der Waals surface area contributed by atoms with Gasteiger partial charge in [-0.3, -0.25) is 0 Å². The molecule has 1 aromatic heterocycles. The summed E-state index contributed by atoms with van der Waals surface area (Å²) in [6.45, 7) is 2.03. The van der Waals surface area contributed by atoms with Crippen molar-refractivity contribution in [1.29, 1.82) is 0 Å². The Bertz CT molecular complexity index is 526. The van der Waals surface area contributed by atoms with Crippen LogP contribution in [0.2, 0.25) is 5.02 Å². The molecule has 1 aromatic carbocycles. The van der Waals surface area contributed by atoms with E-state index < -0.39 is 0 Å². The van der Waals surface area contributed by atoms with E-state index in [9.17, 15) is 0 Å². The molecule has 0 spiro atoms. The summed E-state index contributed by atoms with van der Waals surface area (Å²) < 4.78 is 0. The summed E-state index contributed by atoms with van der Waals surface area (Å²) in [5.74, 6) is 0. The van der Waals surface area contributed by atoms with Crippen LogP contribution in [0.15, 0.2) is 36.7 Å². The highest BCUT2D eigenvalue weighted by atomic mass is 35.5. The molecule has 2 rings (SSSR count). The van der Waals surface area contributed by atoms with Gasteiger partial charge in [0.05, 0.1) is 12.0 Å². The lowest BCUT2D eigenvalue weighted by Crippen LogP contribution is -1.84. The van der Waals surface area contributed by atoms with Crippen molar-refractivity contribution in [2.75, 3.05) is 0 Å². The Hall–Kier alpha value is -1.54. The molecule has 0 amide bonds. The number of aryl methyl sites for hydroxylation is 2. The number of imidazole rings is 1. The number of hydrogen-bond acceptors (Lipinski definition) is 1. The Labute approximate surface area is 119 Å². The Kier molecular flexibility index (Phi) is 5.22. The molecule has 2 nitrogen and oxygen atoms in total. The van der Waals surface area contributed by atoms with Gasteiger partial charge in [0.15, 0.2) is 0 Å². The molecule has 0 aliphatic rings. The molecule has 0 unspecified atom stereocenters. The number of allylic oxidation sites excluding steroid dienone is 1. The first-order valence-corrected chi connectivity index (χ1v) is 7.04. The van der Waals surface area contributed by atoms with E-state index in [1.54, 1.807) is 6.33 Å². The Morgan fingerprint density at radius 2 is 2.00 bits per heavy atom. The van der Waals surface area contributed by atoms with Crippen LogP contribution < -0.4 is 0 Å². The molecule has 0 saturated carbocycles. The van der Waals surface area contributed by atoms with Crippen molar-refractivity contribution in [2.45, 2.75) is 32.6 Å². The third-order valence-electron chi connectivity index (χ3n) is 3.14. The molecule has 0 atom stereocenters. The van der Waals surface area contributed by atoms with Gasteiger partial charge in [-0.05, 0) is 56.4 Å². The minimum Gasteiger partial charge on any atom is -0.348 e. The molecule has 100 valence electrons. The van der Waals surface area contributed by atoms with Crippen molar-refractivity contribution in [3.8, 4) is 0 Å². The molecule has 3 heteroatoms. The van der Waals surface area contributed by atoms with Crippen molar-refractivity contribution < 1.29 is 0 Å². The summed E-state index contributed by atoms with van der Waals surface area (Å²) in [5, 5.41) is 0.807. The zero-order valence-corrected chi connectivity index (χ0v) is 12.0. The van der Waals surface area contributed by atoms with Crippen molar-refractivity contribution in [3.63, 3.8) is 0 Å². The molecule has 19 heavy (non-hydrogen) atoms. The lowest BCUT2D eigenvalue weighted by Gasteiger charge is -2.00. The Morgan fingerprint density at radius 1 is 1.21 bits per heavy atom. The zero-order chi connectivity index (χ0) is 13.5. The Morgan fingerprint density at radius 3 is 2.68 bits per heavy atom. The number of nitrogens with zero attached hydrogens (tertiary/aromatic N) is 1. The summed E-state index contributed by atoms with van der Waals surface area (Å²) in [6, 6.07) is 8.12. The van der Waals surface area contributed by atoms with Crippen molar-refractivity contribution in [1.82, 2.24) is 9.97 Å². The number of hydrogen-bond donors (Lipinski definition) is 1. The fraction of sp³-hybridized carbons (Fsp3) is 0.312. The highest BCUT2D eigenvalue weighted by Gasteiger charge is 1.95. The Balaban J connectivity index is 1.66. The third-order valence-corrected chi connectivity index (χ3v) is 3.40. The average molecular weight is 275 g/mol. The maximum Gasteiger partial charge on any atom is 0.0929 e. The molecule has 1 N–H and O–H groups in total. The van der Waals surface area contributed by atoms with Gasteiger partial charge >= 0.3 is 0 Å². The van der Waals surface area contributed by atoms with Gasteiger partial charge in [-0.2, -0.15) is 0 Å². The van der Waals surface area contributed by atoms with Gasteiger partial charge in [0.1, 0.15) is 0 Å². The number of rotatable bonds is 6. The number of benzene rings is 1. The lowest BCUT2D eigenvalue weighted by atomic mass is 10.1. The molecule has 0 aliphatic carbocycles. The minimum absolute atomic E-state index is 0.807. The number of aromatic nitrogens is 2. The standard InChI is InChI=1S/C16H19ClN2/c1-13-16(19-12-18-13)7-5-3-2-4-6-14-8-10-15(17)11-9-14/h5,7-12H,2-4,6H2,1H3,(H,18,19)/b7-5+. The summed E-state index contributed by atoms with van der Waals surface area (Å²) in [5.41, 5.74) is 3.52. The topological polar surface area (TPSA) is 28.7 Å². The maximum atomic E-state index is 5.86. The minimum atomic E-state index is 0.807. The molecule has 0 bridgehead atoms. The molecule has 2 aromatic rings. The smallest absolute Gasteiger partial charge is 0.0929 e. The molecular weight excluding hydrogens is 256 g/mol. The van der Waals surface area contributed by atoms with Crippen LogP contribution in [-0.4, -0.2) is 9.97 Å². The van der Waals surface area contributed by atoms with Gasteiger partial charge in [-0.1, -0.05) is 29.8 Å². The number of H-pyrrole nitrogens is 1. The van der Waals surface area contributed by atoms with Crippen LogP contribution in [-0.2, 0) is 6.42 Å². The largest absolute Gasteiger partial charge is 0.348 e. The highest BCUT2D eigenvalue weighted by Crippen LogP contribution is 2.12. The first kappa shape index (κ1) is 13.9. The second-order valence-corrected chi connectivity index (χ2v) is 5.12. The van der Waals surface area contributed by atoms with E-state index in [1.165, 1.54) is 18.4 Å².